The lowest BCUT2D eigenvalue weighted by atomic mass is 10.2. The zero-order valence-electron chi connectivity index (χ0n) is 12.5. The predicted molar refractivity (Wildman–Crippen MR) is 130 cm³/mol. The van der Waals surface area contributed by atoms with E-state index in [0.717, 1.165) is 13.1 Å². The maximum Gasteiger partial charge on any atom is 0.0527 e. The van der Waals surface area contributed by atoms with E-state index in [1.807, 2.05) is 11.8 Å². The van der Waals surface area contributed by atoms with Crippen molar-refractivity contribution in [1.29, 1.82) is 0 Å². The van der Waals surface area contributed by atoms with Gasteiger partial charge in [-0.25, -0.2) is 0 Å². The number of hydrogen-bond donors (Lipinski definition) is 1. The van der Waals surface area contributed by atoms with E-state index in [4.69, 9.17) is 0 Å². The minimum absolute atomic E-state index is 0. The molecule has 22 heavy (non-hydrogen) atoms. The van der Waals surface area contributed by atoms with Gasteiger partial charge < -0.3 is 10.2 Å². The summed E-state index contributed by atoms with van der Waals surface area (Å²) < 4.78 is 0. The molecule has 0 radical (unpaired) electrons. The third-order valence-electron chi connectivity index (χ3n) is 3.47. The van der Waals surface area contributed by atoms with Crippen LogP contribution in [0, 0.1) is 0 Å². The molecule has 122 valence electrons. The summed E-state index contributed by atoms with van der Waals surface area (Å²) in [6.07, 6.45) is 0. The van der Waals surface area contributed by atoms with Gasteiger partial charge in [0.25, 0.3) is 0 Å². The van der Waals surface area contributed by atoms with Crippen LogP contribution in [0.15, 0.2) is 52.3 Å². The van der Waals surface area contributed by atoms with Gasteiger partial charge in [0.1, 0.15) is 0 Å². The molecule has 1 N–H and O–H groups in total. The molecule has 2 nitrogen and oxygen atoms in total. The third-order valence-corrected chi connectivity index (χ3v) is 4.60. The summed E-state index contributed by atoms with van der Waals surface area (Å²) in [5, 5.41) is 3.50. The van der Waals surface area contributed by atoms with Crippen molar-refractivity contribution in [2.24, 2.45) is 0 Å². The highest BCUT2D eigenvalue weighted by molar-refractivity contribution is 14.0. The van der Waals surface area contributed by atoms with Crippen LogP contribution in [-0.2, 0) is 0 Å². The van der Waals surface area contributed by atoms with Crippen molar-refractivity contribution >= 4 is 101 Å². The Hall–Kier alpha value is 0.580. The first-order valence-corrected chi connectivity index (χ1v) is 7.56. The number of nitrogens with one attached hydrogen (secondary N) is 1. The SMILES string of the molecule is CCN(CC)c1ccc2c(c1)Sc1ccccc1N2.I.I.I. The topological polar surface area (TPSA) is 15.3 Å². The molecular formula is C16H21I3N2S. The van der Waals surface area contributed by atoms with Crippen LogP contribution in [0.5, 0.6) is 0 Å². The highest BCUT2D eigenvalue weighted by Crippen LogP contribution is 2.45. The lowest BCUT2D eigenvalue weighted by Crippen LogP contribution is -2.21. The molecule has 0 bridgehead atoms. The molecule has 6 heteroatoms. The summed E-state index contributed by atoms with van der Waals surface area (Å²) in [6.45, 7) is 6.49. The van der Waals surface area contributed by atoms with Crippen molar-refractivity contribution in [2.45, 2.75) is 23.6 Å². The van der Waals surface area contributed by atoms with Crippen molar-refractivity contribution in [2.75, 3.05) is 23.3 Å². The third kappa shape index (κ3) is 4.79. The summed E-state index contributed by atoms with van der Waals surface area (Å²) in [5.41, 5.74) is 3.72. The minimum atomic E-state index is 0. The molecule has 2 aromatic rings. The van der Waals surface area contributed by atoms with Gasteiger partial charge in [-0.05, 0) is 44.2 Å². The smallest absolute Gasteiger partial charge is 0.0527 e. The van der Waals surface area contributed by atoms with E-state index < -0.39 is 0 Å². The summed E-state index contributed by atoms with van der Waals surface area (Å²) in [6, 6.07) is 15.1. The van der Waals surface area contributed by atoms with Crippen LogP contribution in [0.3, 0.4) is 0 Å². The highest BCUT2D eigenvalue weighted by atomic mass is 127. The van der Waals surface area contributed by atoms with E-state index in [1.54, 1.807) is 0 Å². The lowest BCUT2D eigenvalue weighted by molar-refractivity contribution is 0.864. The Balaban J connectivity index is 0.00000147. The molecule has 0 saturated carbocycles. The molecule has 0 fully saturated rings. The molecule has 2 aromatic carbocycles. The maximum absolute atomic E-state index is 3.50. The summed E-state index contributed by atoms with van der Waals surface area (Å²) in [7, 11) is 0. The second-order valence-corrected chi connectivity index (χ2v) is 5.66. The maximum atomic E-state index is 3.50. The first-order valence-electron chi connectivity index (χ1n) is 6.74. The van der Waals surface area contributed by atoms with Crippen molar-refractivity contribution in [1.82, 2.24) is 0 Å². The molecule has 0 spiro atoms. The van der Waals surface area contributed by atoms with E-state index in [-0.39, 0.29) is 71.9 Å². The van der Waals surface area contributed by atoms with E-state index >= 15 is 0 Å². The van der Waals surface area contributed by atoms with Crippen molar-refractivity contribution in [3.05, 3.63) is 42.5 Å². The van der Waals surface area contributed by atoms with Crippen LogP contribution in [-0.4, -0.2) is 13.1 Å². The van der Waals surface area contributed by atoms with Crippen molar-refractivity contribution in [3.63, 3.8) is 0 Å². The molecule has 0 aliphatic carbocycles. The molecule has 0 amide bonds. The molecule has 0 unspecified atom stereocenters. The van der Waals surface area contributed by atoms with Gasteiger partial charge >= 0.3 is 0 Å². The Morgan fingerprint density at radius 2 is 1.50 bits per heavy atom. The monoisotopic (exact) mass is 654 g/mol. The van der Waals surface area contributed by atoms with Gasteiger partial charge in [-0.15, -0.1) is 71.9 Å². The number of anilines is 3. The first kappa shape index (κ1) is 22.6. The second-order valence-electron chi connectivity index (χ2n) is 4.58. The first-order chi connectivity index (χ1) is 9.31. The van der Waals surface area contributed by atoms with Crippen LogP contribution < -0.4 is 10.2 Å². The van der Waals surface area contributed by atoms with Gasteiger partial charge in [0, 0.05) is 28.6 Å². The van der Waals surface area contributed by atoms with Gasteiger partial charge in [0.05, 0.1) is 11.4 Å². The molecule has 0 atom stereocenters. The number of benzene rings is 2. The van der Waals surface area contributed by atoms with Crippen LogP contribution in [0.2, 0.25) is 0 Å². The lowest BCUT2D eigenvalue weighted by Gasteiger charge is -2.25. The zero-order chi connectivity index (χ0) is 13.2. The van der Waals surface area contributed by atoms with Crippen molar-refractivity contribution < 1.29 is 0 Å². The Kier molecular flexibility index (Phi) is 10.7. The molecule has 1 aliphatic heterocycles. The average molecular weight is 654 g/mol. The Bertz CT molecular complexity index is 604. The van der Waals surface area contributed by atoms with Crippen LogP contribution in [0.25, 0.3) is 0 Å². The van der Waals surface area contributed by atoms with Crippen molar-refractivity contribution in [3.8, 4) is 0 Å². The van der Waals surface area contributed by atoms with E-state index in [2.05, 4.69) is 66.5 Å². The fourth-order valence-electron chi connectivity index (χ4n) is 2.41. The summed E-state index contributed by atoms with van der Waals surface area (Å²) >= 11 is 1.85. The van der Waals surface area contributed by atoms with Gasteiger partial charge in [0.15, 0.2) is 0 Å². The average Bonchev–Trinajstić information content (AvgIpc) is 2.46. The van der Waals surface area contributed by atoms with E-state index in [0.29, 0.717) is 0 Å². The molecule has 1 aliphatic rings. The van der Waals surface area contributed by atoms with E-state index in [9.17, 15) is 0 Å². The summed E-state index contributed by atoms with van der Waals surface area (Å²) in [5.74, 6) is 0. The zero-order valence-corrected chi connectivity index (χ0v) is 20.3. The number of halogens is 3. The second kappa shape index (κ2) is 10.4. The number of rotatable bonds is 3. The van der Waals surface area contributed by atoms with Gasteiger partial charge in [-0.2, -0.15) is 0 Å². The Labute approximate surface area is 188 Å². The molecule has 1 heterocycles. The number of nitrogens with zero attached hydrogens (tertiary/aromatic N) is 1. The van der Waals surface area contributed by atoms with Gasteiger partial charge in [-0.1, -0.05) is 23.9 Å². The standard InChI is InChI=1S/C16H18N2S.3HI/c1-3-18(4-2)12-9-10-14-16(11-12)19-15-8-6-5-7-13(15)17-14;;;/h5-11,17H,3-4H2,1-2H3;3*1H. The Morgan fingerprint density at radius 1 is 0.864 bits per heavy atom. The quantitative estimate of drug-likeness (QED) is 0.321. The largest absolute Gasteiger partial charge is 0.372 e. The molecule has 0 saturated heterocycles. The normalized spacial score (nSPS) is 10.6. The number of hydrogen-bond acceptors (Lipinski definition) is 3. The molecule has 0 aromatic heterocycles. The molecule has 3 rings (SSSR count). The number of fused-ring (bicyclic) bond motifs is 2. The fraction of sp³-hybridized carbons (Fsp3) is 0.250. The van der Waals surface area contributed by atoms with E-state index in [1.165, 1.54) is 26.9 Å². The summed E-state index contributed by atoms with van der Waals surface area (Å²) in [4.78, 5) is 4.98. The van der Waals surface area contributed by atoms with Gasteiger partial charge in [-0.3, -0.25) is 0 Å². The van der Waals surface area contributed by atoms with Crippen LogP contribution in [0.1, 0.15) is 13.8 Å². The Morgan fingerprint density at radius 3 is 2.18 bits per heavy atom. The molecular weight excluding hydrogens is 633 g/mol. The number of para-hydroxylation sites is 1. The highest BCUT2D eigenvalue weighted by Gasteiger charge is 2.16. The minimum Gasteiger partial charge on any atom is -0.372 e. The van der Waals surface area contributed by atoms with Crippen LogP contribution in [0.4, 0.5) is 17.1 Å². The fourth-order valence-corrected chi connectivity index (χ4v) is 3.43. The van der Waals surface area contributed by atoms with Crippen LogP contribution >= 0.6 is 83.7 Å². The predicted octanol–water partition coefficient (Wildman–Crippen LogP) is 6.60. The van der Waals surface area contributed by atoms with Gasteiger partial charge in [0.2, 0.25) is 0 Å².